The summed E-state index contributed by atoms with van der Waals surface area (Å²) in [4.78, 5) is 0. The summed E-state index contributed by atoms with van der Waals surface area (Å²) in [6, 6.07) is 3.33. The van der Waals surface area contributed by atoms with E-state index in [9.17, 15) is 0 Å². The number of rotatable bonds is 7. The molecule has 2 nitrogen and oxygen atoms in total. The molecule has 1 aromatic carbocycles. The zero-order valence-electron chi connectivity index (χ0n) is 10.6. The third-order valence-corrected chi connectivity index (χ3v) is 3.21. The first-order chi connectivity index (χ1) is 8.50. The van der Waals surface area contributed by atoms with Gasteiger partial charge in [0.25, 0.3) is 0 Å². The molecule has 0 amide bonds. The van der Waals surface area contributed by atoms with Crippen LogP contribution in [-0.4, -0.2) is 19.8 Å². The number of nitrogens with one attached hydrogen (secondary N) is 1. The number of hydrogen-bond donors (Lipinski definition) is 1. The van der Waals surface area contributed by atoms with E-state index in [1.807, 2.05) is 0 Å². The Balaban J connectivity index is 2.31. The van der Waals surface area contributed by atoms with E-state index in [4.69, 9.17) is 39.5 Å². The number of hydrogen-bond acceptors (Lipinski definition) is 2. The molecule has 0 unspecified atom stereocenters. The van der Waals surface area contributed by atoms with Gasteiger partial charge in [-0.1, -0.05) is 48.7 Å². The summed E-state index contributed by atoms with van der Waals surface area (Å²) in [6.45, 7) is 6.42. The van der Waals surface area contributed by atoms with Gasteiger partial charge in [0.1, 0.15) is 0 Å². The molecule has 102 valence electrons. The first-order valence-corrected chi connectivity index (χ1v) is 7.10. The van der Waals surface area contributed by atoms with Crippen LogP contribution in [0.25, 0.3) is 0 Å². The zero-order valence-corrected chi connectivity index (χ0v) is 12.9. The molecule has 18 heavy (non-hydrogen) atoms. The Kier molecular flexibility index (Phi) is 7.16. The van der Waals surface area contributed by atoms with Crippen LogP contribution in [0, 0.1) is 5.92 Å². The lowest BCUT2D eigenvalue weighted by Crippen LogP contribution is -2.11. The molecular formula is C13H18Cl3NO. The van der Waals surface area contributed by atoms with Crippen molar-refractivity contribution in [1.82, 2.24) is 0 Å². The van der Waals surface area contributed by atoms with Crippen LogP contribution in [0.1, 0.15) is 20.3 Å². The van der Waals surface area contributed by atoms with Gasteiger partial charge in [-0.2, -0.15) is 0 Å². The average Bonchev–Trinajstić information content (AvgIpc) is 2.25. The van der Waals surface area contributed by atoms with Crippen molar-refractivity contribution < 1.29 is 4.74 Å². The summed E-state index contributed by atoms with van der Waals surface area (Å²) >= 11 is 17.9. The highest BCUT2D eigenvalue weighted by Gasteiger charge is 2.06. The third-order valence-electron chi connectivity index (χ3n) is 2.39. The highest BCUT2D eigenvalue weighted by Crippen LogP contribution is 2.33. The van der Waals surface area contributed by atoms with Crippen molar-refractivity contribution in [2.24, 2.45) is 5.92 Å². The van der Waals surface area contributed by atoms with Crippen molar-refractivity contribution in [3.05, 3.63) is 27.2 Å². The Morgan fingerprint density at radius 1 is 1.11 bits per heavy atom. The molecule has 0 saturated heterocycles. The van der Waals surface area contributed by atoms with Gasteiger partial charge >= 0.3 is 0 Å². The SMILES string of the molecule is CC(C)CCOCCNc1c(Cl)cc(Cl)cc1Cl. The maximum Gasteiger partial charge on any atom is 0.0720 e. The molecule has 0 aliphatic heterocycles. The van der Waals surface area contributed by atoms with Crippen LogP contribution in [0.4, 0.5) is 5.69 Å². The lowest BCUT2D eigenvalue weighted by Gasteiger charge is -2.11. The molecule has 0 atom stereocenters. The first kappa shape index (κ1) is 15.9. The van der Waals surface area contributed by atoms with Gasteiger partial charge in [0, 0.05) is 18.2 Å². The fourth-order valence-electron chi connectivity index (χ4n) is 1.38. The quantitative estimate of drug-likeness (QED) is 0.706. The van der Waals surface area contributed by atoms with Gasteiger partial charge in [-0.15, -0.1) is 0 Å². The largest absolute Gasteiger partial charge is 0.380 e. The predicted octanol–water partition coefficient (Wildman–Crippen LogP) is 5.12. The Morgan fingerprint density at radius 3 is 2.28 bits per heavy atom. The monoisotopic (exact) mass is 309 g/mol. The van der Waals surface area contributed by atoms with E-state index in [0.717, 1.165) is 13.0 Å². The summed E-state index contributed by atoms with van der Waals surface area (Å²) in [5.41, 5.74) is 0.704. The van der Waals surface area contributed by atoms with E-state index in [2.05, 4.69) is 19.2 Å². The lowest BCUT2D eigenvalue weighted by atomic mass is 10.1. The molecule has 0 bridgehead atoms. The Labute approximate surface area is 124 Å². The Hall–Kier alpha value is -0.150. The van der Waals surface area contributed by atoms with E-state index >= 15 is 0 Å². The van der Waals surface area contributed by atoms with Crippen molar-refractivity contribution in [1.29, 1.82) is 0 Å². The van der Waals surface area contributed by atoms with Gasteiger partial charge in [-0.25, -0.2) is 0 Å². The number of halogens is 3. The number of ether oxygens (including phenoxy) is 1. The van der Waals surface area contributed by atoms with Crippen molar-refractivity contribution in [3.8, 4) is 0 Å². The van der Waals surface area contributed by atoms with Crippen LogP contribution >= 0.6 is 34.8 Å². The summed E-state index contributed by atoms with van der Waals surface area (Å²) in [5, 5.41) is 4.73. The van der Waals surface area contributed by atoms with Crippen LogP contribution in [0.2, 0.25) is 15.1 Å². The molecule has 0 spiro atoms. The zero-order chi connectivity index (χ0) is 13.5. The van der Waals surface area contributed by atoms with E-state index in [0.29, 0.717) is 39.8 Å². The second kappa shape index (κ2) is 8.11. The van der Waals surface area contributed by atoms with Crippen LogP contribution in [0.5, 0.6) is 0 Å². The van der Waals surface area contributed by atoms with Gasteiger partial charge in [0.15, 0.2) is 0 Å². The summed E-state index contributed by atoms with van der Waals surface area (Å²) in [7, 11) is 0. The van der Waals surface area contributed by atoms with Gasteiger partial charge in [-0.3, -0.25) is 0 Å². The standard InChI is InChI=1S/C13H18Cl3NO/c1-9(2)3-5-18-6-4-17-13-11(15)7-10(14)8-12(13)16/h7-9,17H,3-6H2,1-2H3. The second-order valence-electron chi connectivity index (χ2n) is 4.47. The minimum Gasteiger partial charge on any atom is -0.380 e. The molecular weight excluding hydrogens is 293 g/mol. The highest BCUT2D eigenvalue weighted by molar-refractivity contribution is 6.41. The van der Waals surface area contributed by atoms with E-state index in [-0.39, 0.29) is 0 Å². The average molecular weight is 311 g/mol. The Bertz CT molecular complexity index is 359. The van der Waals surface area contributed by atoms with Gasteiger partial charge in [0.05, 0.1) is 22.3 Å². The topological polar surface area (TPSA) is 21.3 Å². The van der Waals surface area contributed by atoms with Gasteiger partial charge in [-0.05, 0) is 24.5 Å². The van der Waals surface area contributed by atoms with Crippen LogP contribution in [0.3, 0.4) is 0 Å². The molecule has 5 heteroatoms. The maximum absolute atomic E-state index is 6.04. The van der Waals surface area contributed by atoms with Crippen LogP contribution in [-0.2, 0) is 4.74 Å². The molecule has 1 N–H and O–H groups in total. The fraction of sp³-hybridized carbons (Fsp3) is 0.538. The van der Waals surface area contributed by atoms with Crippen molar-refractivity contribution in [2.45, 2.75) is 20.3 Å². The Morgan fingerprint density at radius 2 is 1.72 bits per heavy atom. The molecule has 1 aromatic rings. The molecule has 0 aliphatic carbocycles. The minimum absolute atomic E-state index is 0.523. The summed E-state index contributed by atoms with van der Waals surface area (Å²) in [6.07, 6.45) is 1.07. The smallest absolute Gasteiger partial charge is 0.0720 e. The first-order valence-electron chi connectivity index (χ1n) is 5.97. The molecule has 1 rings (SSSR count). The minimum atomic E-state index is 0.523. The van der Waals surface area contributed by atoms with Crippen molar-refractivity contribution >= 4 is 40.5 Å². The molecule has 0 radical (unpaired) electrons. The number of anilines is 1. The van der Waals surface area contributed by atoms with Crippen LogP contribution in [0.15, 0.2) is 12.1 Å². The molecule has 0 aromatic heterocycles. The van der Waals surface area contributed by atoms with Gasteiger partial charge in [0.2, 0.25) is 0 Å². The maximum atomic E-state index is 6.04. The number of benzene rings is 1. The van der Waals surface area contributed by atoms with Crippen molar-refractivity contribution in [3.63, 3.8) is 0 Å². The van der Waals surface area contributed by atoms with Crippen molar-refractivity contribution in [2.75, 3.05) is 25.1 Å². The van der Waals surface area contributed by atoms with E-state index in [1.165, 1.54) is 0 Å². The normalized spacial score (nSPS) is 11.0. The van der Waals surface area contributed by atoms with E-state index < -0.39 is 0 Å². The second-order valence-corrected chi connectivity index (χ2v) is 5.72. The summed E-state index contributed by atoms with van der Waals surface area (Å²) < 4.78 is 5.49. The van der Waals surface area contributed by atoms with Crippen LogP contribution < -0.4 is 5.32 Å². The fourth-order valence-corrected chi connectivity index (χ4v) is 2.33. The third kappa shape index (κ3) is 5.66. The predicted molar refractivity (Wildman–Crippen MR) is 80.2 cm³/mol. The highest BCUT2D eigenvalue weighted by atomic mass is 35.5. The van der Waals surface area contributed by atoms with E-state index in [1.54, 1.807) is 12.1 Å². The van der Waals surface area contributed by atoms with Gasteiger partial charge < -0.3 is 10.1 Å². The molecule has 0 fully saturated rings. The lowest BCUT2D eigenvalue weighted by molar-refractivity contribution is 0.132. The summed E-state index contributed by atoms with van der Waals surface area (Å²) in [5.74, 6) is 0.665. The molecule has 0 saturated carbocycles. The molecule has 0 aliphatic rings. The molecule has 0 heterocycles.